The molecule has 0 unspecified atom stereocenters. The summed E-state index contributed by atoms with van der Waals surface area (Å²) < 4.78 is 59.7. The first-order chi connectivity index (χ1) is 8.59. The molecule has 0 saturated heterocycles. The molecule has 0 bridgehead atoms. The summed E-state index contributed by atoms with van der Waals surface area (Å²) in [6.45, 7) is -1.64. The zero-order valence-corrected chi connectivity index (χ0v) is 10.3. The Labute approximate surface area is 107 Å². The number of halogens is 3. The molecule has 0 amide bonds. The average Bonchev–Trinajstić information content (AvgIpc) is 2.26. The van der Waals surface area contributed by atoms with Crippen molar-refractivity contribution in [2.75, 3.05) is 6.54 Å². The lowest BCUT2D eigenvalue weighted by Crippen LogP contribution is -2.34. The highest BCUT2D eigenvalue weighted by molar-refractivity contribution is 7.88. The van der Waals surface area contributed by atoms with Gasteiger partial charge in [0.05, 0.1) is 11.3 Å². The molecular formula is C10H10F3NO4S. The van der Waals surface area contributed by atoms with Gasteiger partial charge < -0.3 is 5.11 Å². The summed E-state index contributed by atoms with van der Waals surface area (Å²) >= 11 is 0. The molecule has 5 nitrogen and oxygen atoms in total. The molecule has 0 heterocycles. The predicted molar refractivity (Wildman–Crippen MR) is 60.1 cm³/mol. The first-order valence-electron chi connectivity index (χ1n) is 4.95. The maximum absolute atomic E-state index is 11.9. The summed E-state index contributed by atoms with van der Waals surface area (Å²) in [5.41, 5.74) is 0.157. The van der Waals surface area contributed by atoms with E-state index in [2.05, 4.69) is 0 Å². The number of nitrogens with one attached hydrogen (secondary N) is 1. The van der Waals surface area contributed by atoms with Crippen LogP contribution in [0.4, 0.5) is 13.2 Å². The number of rotatable bonds is 5. The Morgan fingerprint density at radius 1 is 1.21 bits per heavy atom. The number of benzene rings is 1. The molecule has 1 rings (SSSR count). The lowest BCUT2D eigenvalue weighted by molar-refractivity contribution is -0.121. The number of alkyl halides is 3. The highest BCUT2D eigenvalue weighted by Gasteiger charge is 2.29. The van der Waals surface area contributed by atoms with Gasteiger partial charge in [0.2, 0.25) is 10.0 Å². The van der Waals surface area contributed by atoms with E-state index in [1.807, 2.05) is 0 Å². The number of carbonyl (C=O) groups is 1. The van der Waals surface area contributed by atoms with Crippen LogP contribution in [0, 0.1) is 0 Å². The van der Waals surface area contributed by atoms with Crippen LogP contribution in [0.1, 0.15) is 15.9 Å². The average molecular weight is 297 g/mol. The highest BCUT2D eigenvalue weighted by atomic mass is 32.2. The summed E-state index contributed by atoms with van der Waals surface area (Å²) in [5.74, 6) is -1.83. The molecule has 0 aliphatic carbocycles. The van der Waals surface area contributed by atoms with E-state index in [4.69, 9.17) is 5.11 Å². The Balaban J connectivity index is 2.70. The molecule has 0 spiro atoms. The molecule has 0 aliphatic heterocycles. The normalized spacial score (nSPS) is 12.4. The van der Waals surface area contributed by atoms with Gasteiger partial charge in [0.25, 0.3) is 0 Å². The van der Waals surface area contributed by atoms with Gasteiger partial charge in [-0.1, -0.05) is 12.1 Å². The van der Waals surface area contributed by atoms with Gasteiger partial charge in [-0.3, -0.25) is 0 Å². The van der Waals surface area contributed by atoms with Crippen LogP contribution in [0.5, 0.6) is 0 Å². The van der Waals surface area contributed by atoms with Gasteiger partial charge in [-0.25, -0.2) is 17.9 Å². The number of sulfonamides is 1. The summed E-state index contributed by atoms with van der Waals surface area (Å²) in [6, 6.07) is 4.82. The standard InChI is InChI=1S/C10H10F3NO4S/c11-10(12,13)6-14-19(17,18)5-7-1-3-8(4-2-7)9(15)16/h1-4,14H,5-6H2,(H,15,16). The summed E-state index contributed by atoms with van der Waals surface area (Å²) in [5, 5.41) is 8.63. The first kappa shape index (κ1) is 15.4. The smallest absolute Gasteiger partial charge is 0.402 e. The largest absolute Gasteiger partial charge is 0.478 e. The molecule has 1 aromatic carbocycles. The van der Waals surface area contributed by atoms with E-state index in [0.29, 0.717) is 0 Å². The molecule has 106 valence electrons. The molecule has 19 heavy (non-hydrogen) atoms. The van der Waals surface area contributed by atoms with E-state index in [1.54, 1.807) is 0 Å². The third-order valence-corrected chi connectivity index (χ3v) is 3.35. The van der Waals surface area contributed by atoms with Crippen molar-refractivity contribution >= 4 is 16.0 Å². The molecule has 0 aliphatic rings. The van der Waals surface area contributed by atoms with Crippen LogP contribution in [0.2, 0.25) is 0 Å². The van der Waals surface area contributed by atoms with E-state index in [1.165, 1.54) is 29.0 Å². The predicted octanol–water partition coefficient (Wildman–Crippen LogP) is 1.37. The Morgan fingerprint density at radius 2 is 1.74 bits per heavy atom. The van der Waals surface area contributed by atoms with Crippen molar-refractivity contribution in [2.45, 2.75) is 11.9 Å². The summed E-state index contributed by atoms with van der Waals surface area (Å²) in [7, 11) is -4.12. The van der Waals surface area contributed by atoms with E-state index in [-0.39, 0.29) is 11.1 Å². The van der Waals surface area contributed by atoms with Crippen LogP contribution >= 0.6 is 0 Å². The Hall–Kier alpha value is -1.61. The van der Waals surface area contributed by atoms with E-state index in [9.17, 15) is 26.4 Å². The third-order valence-electron chi connectivity index (χ3n) is 2.05. The number of hydrogen-bond donors (Lipinski definition) is 2. The molecule has 0 radical (unpaired) electrons. The van der Waals surface area contributed by atoms with Gasteiger partial charge in [-0.05, 0) is 17.7 Å². The van der Waals surface area contributed by atoms with Crippen LogP contribution in [0.15, 0.2) is 24.3 Å². The maximum Gasteiger partial charge on any atom is 0.402 e. The van der Waals surface area contributed by atoms with Crippen molar-refractivity contribution in [3.8, 4) is 0 Å². The second-order valence-corrected chi connectivity index (χ2v) is 5.50. The number of carboxylic acid groups (broad SMARTS) is 1. The fourth-order valence-corrected chi connectivity index (χ4v) is 2.32. The van der Waals surface area contributed by atoms with Crippen LogP contribution in [0.3, 0.4) is 0 Å². The Kier molecular flexibility index (Phi) is 4.53. The van der Waals surface area contributed by atoms with Gasteiger partial charge in [0.1, 0.15) is 6.54 Å². The number of carboxylic acids is 1. The Bertz CT molecular complexity index is 551. The quantitative estimate of drug-likeness (QED) is 0.859. The lowest BCUT2D eigenvalue weighted by Gasteiger charge is -2.09. The zero-order chi connectivity index (χ0) is 14.7. The van der Waals surface area contributed by atoms with E-state index in [0.717, 1.165) is 0 Å². The molecule has 2 N–H and O–H groups in total. The third kappa shape index (κ3) is 5.71. The van der Waals surface area contributed by atoms with Crippen LogP contribution in [0.25, 0.3) is 0 Å². The molecular weight excluding hydrogens is 287 g/mol. The maximum atomic E-state index is 11.9. The van der Waals surface area contributed by atoms with Crippen molar-refractivity contribution in [3.63, 3.8) is 0 Å². The van der Waals surface area contributed by atoms with Crippen molar-refractivity contribution in [1.29, 1.82) is 0 Å². The van der Waals surface area contributed by atoms with Crippen LogP contribution < -0.4 is 4.72 Å². The van der Waals surface area contributed by atoms with Gasteiger partial charge in [0, 0.05) is 0 Å². The molecule has 1 aromatic rings. The van der Waals surface area contributed by atoms with Gasteiger partial charge in [-0.2, -0.15) is 13.2 Å². The van der Waals surface area contributed by atoms with E-state index < -0.39 is 34.5 Å². The topological polar surface area (TPSA) is 83.5 Å². The molecule has 9 heteroatoms. The van der Waals surface area contributed by atoms with Crippen molar-refractivity contribution < 1.29 is 31.5 Å². The minimum atomic E-state index is -4.62. The first-order valence-corrected chi connectivity index (χ1v) is 6.61. The molecule has 0 fully saturated rings. The van der Waals surface area contributed by atoms with Crippen molar-refractivity contribution in [1.82, 2.24) is 4.72 Å². The van der Waals surface area contributed by atoms with Crippen LogP contribution in [-0.2, 0) is 15.8 Å². The van der Waals surface area contributed by atoms with Gasteiger partial charge in [-0.15, -0.1) is 0 Å². The second-order valence-electron chi connectivity index (χ2n) is 3.70. The van der Waals surface area contributed by atoms with Gasteiger partial charge in [0.15, 0.2) is 0 Å². The minimum absolute atomic E-state index is 0.0376. The second kappa shape index (κ2) is 5.57. The fraction of sp³-hybridized carbons (Fsp3) is 0.300. The monoisotopic (exact) mass is 297 g/mol. The lowest BCUT2D eigenvalue weighted by atomic mass is 10.1. The minimum Gasteiger partial charge on any atom is -0.478 e. The molecule has 0 atom stereocenters. The van der Waals surface area contributed by atoms with Gasteiger partial charge >= 0.3 is 12.1 Å². The van der Waals surface area contributed by atoms with Crippen molar-refractivity contribution in [2.24, 2.45) is 0 Å². The number of aromatic carboxylic acids is 1. The molecule has 0 aromatic heterocycles. The van der Waals surface area contributed by atoms with Crippen LogP contribution in [-0.4, -0.2) is 32.2 Å². The summed E-state index contributed by atoms with van der Waals surface area (Å²) in [4.78, 5) is 10.6. The number of hydrogen-bond acceptors (Lipinski definition) is 3. The summed E-state index contributed by atoms with van der Waals surface area (Å²) in [6.07, 6.45) is -4.62. The highest BCUT2D eigenvalue weighted by Crippen LogP contribution is 2.14. The fourth-order valence-electron chi connectivity index (χ4n) is 1.21. The van der Waals surface area contributed by atoms with E-state index >= 15 is 0 Å². The SMILES string of the molecule is O=C(O)c1ccc(CS(=O)(=O)NCC(F)(F)F)cc1. The van der Waals surface area contributed by atoms with Crippen molar-refractivity contribution in [3.05, 3.63) is 35.4 Å². The zero-order valence-electron chi connectivity index (χ0n) is 9.44. The Morgan fingerprint density at radius 3 is 2.16 bits per heavy atom. The molecule has 0 saturated carbocycles.